The summed E-state index contributed by atoms with van der Waals surface area (Å²) in [7, 11) is 0. The molecule has 0 bridgehead atoms. The summed E-state index contributed by atoms with van der Waals surface area (Å²) in [5, 5.41) is 19.7. The number of aromatic nitrogens is 3. The molecule has 0 spiro atoms. The van der Waals surface area contributed by atoms with Crippen LogP contribution < -0.4 is 0 Å². The number of aliphatic hydroxyl groups excluding tert-OH is 1. The van der Waals surface area contributed by atoms with Gasteiger partial charge in [-0.15, -0.1) is 5.10 Å². The number of rotatable bonds is 5. The van der Waals surface area contributed by atoms with Gasteiger partial charge in [0, 0.05) is 5.56 Å². The molecule has 0 saturated heterocycles. The summed E-state index contributed by atoms with van der Waals surface area (Å²) in [4.78, 5) is 0. The first kappa shape index (κ1) is 16.2. The van der Waals surface area contributed by atoms with Gasteiger partial charge in [0.25, 0.3) is 0 Å². The Morgan fingerprint density at radius 3 is 1.85 bits per heavy atom. The Kier molecular flexibility index (Phi) is 4.58. The van der Waals surface area contributed by atoms with Crippen LogP contribution in [-0.4, -0.2) is 20.1 Å². The average molecular weight is 341 g/mol. The molecule has 1 N–H and O–H groups in total. The molecule has 128 valence electrons. The second-order valence-corrected chi connectivity index (χ2v) is 6.16. The van der Waals surface area contributed by atoms with E-state index >= 15 is 0 Å². The van der Waals surface area contributed by atoms with Gasteiger partial charge in [0.2, 0.25) is 0 Å². The monoisotopic (exact) mass is 341 g/mol. The molecule has 0 radical (unpaired) electrons. The smallest absolute Gasteiger partial charge is 0.113 e. The van der Waals surface area contributed by atoms with Crippen LogP contribution in [0.2, 0.25) is 0 Å². The summed E-state index contributed by atoms with van der Waals surface area (Å²) in [5.74, 6) is 0. The second kappa shape index (κ2) is 7.33. The number of benzene rings is 3. The lowest BCUT2D eigenvalue weighted by molar-refractivity contribution is 0.124. The van der Waals surface area contributed by atoms with Crippen LogP contribution >= 0.6 is 0 Å². The fourth-order valence-corrected chi connectivity index (χ4v) is 3.12. The first-order valence-electron chi connectivity index (χ1n) is 8.58. The van der Waals surface area contributed by atoms with E-state index < -0.39 is 6.10 Å². The van der Waals surface area contributed by atoms with E-state index in [1.54, 1.807) is 4.68 Å². The number of hydrogen-bond acceptors (Lipinski definition) is 3. The molecular formula is C22H19N3O. The SMILES string of the molecule is O[C@H](c1ccccc1)[C@@H](c1ccccc1)n1cc(-c2ccccc2)nn1. The maximum absolute atomic E-state index is 11.1. The van der Waals surface area contributed by atoms with E-state index in [1.807, 2.05) is 97.2 Å². The molecule has 0 aliphatic carbocycles. The van der Waals surface area contributed by atoms with Gasteiger partial charge in [-0.1, -0.05) is 96.2 Å². The van der Waals surface area contributed by atoms with E-state index in [4.69, 9.17) is 0 Å². The van der Waals surface area contributed by atoms with Gasteiger partial charge in [0.1, 0.15) is 17.8 Å². The average Bonchev–Trinajstić information content (AvgIpc) is 3.20. The van der Waals surface area contributed by atoms with Crippen molar-refractivity contribution in [3.63, 3.8) is 0 Å². The molecule has 0 aliphatic heterocycles. The first-order valence-corrected chi connectivity index (χ1v) is 8.58. The van der Waals surface area contributed by atoms with Crippen LogP contribution in [0.1, 0.15) is 23.3 Å². The Labute approximate surface area is 152 Å². The largest absolute Gasteiger partial charge is 0.386 e. The summed E-state index contributed by atoms with van der Waals surface area (Å²) in [6, 6.07) is 29.1. The van der Waals surface area contributed by atoms with Crippen LogP contribution in [0.25, 0.3) is 11.3 Å². The van der Waals surface area contributed by atoms with Gasteiger partial charge < -0.3 is 5.11 Å². The minimum atomic E-state index is -0.732. The highest BCUT2D eigenvalue weighted by Gasteiger charge is 2.26. The van der Waals surface area contributed by atoms with Crippen molar-refractivity contribution in [2.24, 2.45) is 0 Å². The predicted molar refractivity (Wildman–Crippen MR) is 101 cm³/mol. The minimum Gasteiger partial charge on any atom is -0.386 e. The molecule has 4 nitrogen and oxygen atoms in total. The van der Waals surface area contributed by atoms with Crippen molar-refractivity contribution in [3.05, 3.63) is 108 Å². The van der Waals surface area contributed by atoms with E-state index in [2.05, 4.69) is 10.3 Å². The standard InChI is InChI=1S/C22H19N3O/c26-22(19-14-8-3-9-15-19)21(18-12-6-2-7-13-18)25-16-20(23-24-25)17-10-4-1-5-11-17/h1-16,21-22,26H/t21-,22-/m1/s1. The highest BCUT2D eigenvalue weighted by molar-refractivity contribution is 5.57. The molecule has 4 rings (SSSR count). The van der Waals surface area contributed by atoms with Crippen LogP contribution in [0.3, 0.4) is 0 Å². The lowest BCUT2D eigenvalue weighted by Crippen LogP contribution is -2.20. The van der Waals surface area contributed by atoms with Crippen molar-refractivity contribution in [3.8, 4) is 11.3 Å². The molecule has 0 fully saturated rings. The highest BCUT2D eigenvalue weighted by Crippen LogP contribution is 2.32. The maximum Gasteiger partial charge on any atom is 0.113 e. The third-order valence-electron chi connectivity index (χ3n) is 4.45. The number of aliphatic hydroxyl groups is 1. The zero-order valence-electron chi connectivity index (χ0n) is 14.2. The summed E-state index contributed by atoms with van der Waals surface area (Å²) in [5.41, 5.74) is 3.61. The number of hydrogen-bond donors (Lipinski definition) is 1. The third-order valence-corrected chi connectivity index (χ3v) is 4.45. The van der Waals surface area contributed by atoms with E-state index in [-0.39, 0.29) is 6.04 Å². The van der Waals surface area contributed by atoms with Crippen LogP contribution in [0.5, 0.6) is 0 Å². The van der Waals surface area contributed by atoms with Crippen molar-refractivity contribution in [1.82, 2.24) is 15.0 Å². The van der Waals surface area contributed by atoms with Crippen LogP contribution in [0.4, 0.5) is 0 Å². The van der Waals surface area contributed by atoms with E-state index in [1.165, 1.54) is 0 Å². The zero-order valence-corrected chi connectivity index (χ0v) is 14.2. The van der Waals surface area contributed by atoms with Crippen molar-refractivity contribution >= 4 is 0 Å². The topological polar surface area (TPSA) is 50.9 Å². The van der Waals surface area contributed by atoms with Gasteiger partial charge in [-0.3, -0.25) is 0 Å². The fraction of sp³-hybridized carbons (Fsp3) is 0.0909. The van der Waals surface area contributed by atoms with Gasteiger partial charge in [0.05, 0.1) is 6.20 Å². The van der Waals surface area contributed by atoms with Gasteiger partial charge in [0.15, 0.2) is 0 Å². The fourth-order valence-electron chi connectivity index (χ4n) is 3.12. The van der Waals surface area contributed by atoms with Crippen molar-refractivity contribution in [1.29, 1.82) is 0 Å². The minimum absolute atomic E-state index is 0.358. The molecule has 0 aliphatic rings. The Balaban J connectivity index is 1.76. The lowest BCUT2D eigenvalue weighted by Gasteiger charge is -2.23. The van der Waals surface area contributed by atoms with Crippen molar-refractivity contribution in [2.45, 2.75) is 12.1 Å². The van der Waals surface area contributed by atoms with Crippen LogP contribution in [0, 0.1) is 0 Å². The second-order valence-electron chi connectivity index (χ2n) is 6.16. The summed E-state index contributed by atoms with van der Waals surface area (Å²) in [6.45, 7) is 0. The Bertz CT molecular complexity index is 952. The Morgan fingerprint density at radius 1 is 0.692 bits per heavy atom. The van der Waals surface area contributed by atoms with E-state index in [0.717, 1.165) is 22.4 Å². The Hall–Kier alpha value is -3.24. The van der Waals surface area contributed by atoms with Gasteiger partial charge in [-0.25, -0.2) is 4.68 Å². The Morgan fingerprint density at radius 2 is 1.23 bits per heavy atom. The third kappa shape index (κ3) is 3.27. The molecular weight excluding hydrogens is 322 g/mol. The normalized spacial score (nSPS) is 13.3. The molecule has 26 heavy (non-hydrogen) atoms. The quantitative estimate of drug-likeness (QED) is 0.590. The van der Waals surface area contributed by atoms with Gasteiger partial charge in [-0.2, -0.15) is 0 Å². The van der Waals surface area contributed by atoms with Gasteiger partial charge >= 0.3 is 0 Å². The molecule has 3 aromatic carbocycles. The van der Waals surface area contributed by atoms with Crippen LogP contribution in [-0.2, 0) is 0 Å². The number of nitrogens with zero attached hydrogens (tertiary/aromatic N) is 3. The molecule has 0 saturated carbocycles. The van der Waals surface area contributed by atoms with Crippen LogP contribution in [0.15, 0.2) is 97.2 Å². The predicted octanol–water partition coefficient (Wildman–Crippen LogP) is 4.27. The molecule has 0 amide bonds. The lowest BCUT2D eigenvalue weighted by atomic mass is 9.96. The first-order chi connectivity index (χ1) is 12.8. The zero-order chi connectivity index (χ0) is 17.8. The summed E-state index contributed by atoms with van der Waals surface area (Å²) in [6.07, 6.45) is 1.16. The van der Waals surface area contributed by atoms with Gasteiger partial charge in [-0.05, 0) is 11.1 Å². The van der Waals surface area contributed by atoms with E-state index in [0.29, 0.717) is 0 Å². The molecule has 4 heteroatoms. The molecule has 0 unspecified atom stereocenters. The highest BCUT2D eigenvalue weighted by atomic mass is 16.3. The maximum atomic E-state index is 11.1. The molecule has 1 aromatic heterocycles. The molecule has 4 aromatic rings. The van der Waals surface area contributed by atoms with Crippen molar-refractivity contribution in [2.75, 3.05) is 0 Å². The molecule has 1 heterocycles. The van der Waals surface area contributed by atoms with Crippen molar-refractivity contribution < 1.29 is 5.11 Å². The summed E-state index contributed by atoms with van der Waals surface area (Å²) >= 11 is 0. The summed E-state index contributed by atoms with van der Waals surface area (Å²) < 4.78 is 1.75. The van der Waals surface area contributed by atoms with E-state index in [9.17, 15) is 5.11 Å². The molecule has 2 atom stereocenters.